The topological polar surface area (TPSA) is 29.1 Å². The standard InChI is InChI=1S/C15H22INO/c1-10(2)14(11(3)4)9-17-15(18)12-6-5-7-13(16)8-12/h5-8,10-11,14H,9H2,1-4H3,(H,17,18). The van der Waals surface area contributed by atoms with Gasteiger partial charge in [0.15, 0.2) is 0 Å². The van der Waals surface area contributed by atoms with Crippen LogP contribution in [0.2, 0.25) is 0 Å². The predicted molar refractivity (Wildman–Crippen MR) is 84.7 cm³/mol. The van der Waals surface area contributed by atoms with Crippen LogP contribution >= 0.6 is 22.6 Å². The van der Waals surface area contributed by atoms with Crippen LogP contribution in [0.5, 0.6) is 0 Å². The molecule has 0 aliphatic rings. The Morgan fingerprint density at radius 2 is 1.83 bits per heavy atom. The molecular formula is C15H22INO. The zero-order chi connectivity index (χ0) is 13.7. The summed E-state index contributed by atoms with van der Waals surface area (Å²) in [6, 6.07) is 7.67. The molecule has 100 valence electrons. The van der Waals surface area contributed by atoms with E-state index in [0.717, 1.165) is 15.7 Å². The lowest BCUT2D eigenvalue weighted by Gasteiger charge is -2.25. The van der Waals surface area contributed by atoms with Crippen molar-refractivity contribution in [2.24, 2.45) is 17.8 Å². The molecular weight excluding hydrogens is 337 g/mol. The van der Waals surface area contributed by atoms with Gasteiger partial charge in [-0.1, -0.05) is 33.8 Å². The molecule has 0 aliphatic heterocycles. The molecule has 1 rings (SSSR count). The van der Waals surface area contributed by atoms with Gasteiger partial charge in [0.25, 0.3) is 5.91 Å². The van der Waals surface area contributed by atoms with Gasteiger partial charge in [-0.25, -0.2) is 0 Å². The number of carbonyl (C=O) groups is 1. The molecule has 0 saturated heterocycles. The second kappa shape index (κ2) is 7.12. The molecule has 18 heavy (non-hydrogen) atoms. The number of carbonyl (C=O) groups excluding carboxylic acids is 1. The Labute approximate surface area is 124 Å². The highest BCUT2D eigenvalue weighted by Crippen LogP contribution is 2.19. The maximum absolute atomic E-state index is 12.0. The lowest BCUT2D eigenvalue weighted by atomic mass is 9.85. The summed E-state index contributed by atoms with van der Waals surface area (Å²) in [4.78, 5) is 12.0. The molecule has 1 amide bonds. The maximum Gasteiger partial charge on any atom is 0.251 e. The second-order valence-electron chi connectivity index (χ2n) is 5.37. The van der Waals surface area contributed by atoms with Gasteiger partial charge in [-0.3, -0.25) is 4.79 Å². The molecule has 1 aromatic rings. The van der Waals surface area contributed by atoms with Crippen molar-refractivity contribution in [3.63, 3.8) is 0 Å². The Kier molecular flexibility index (Phi) is 6.12. The summed E-state index contributed by atoms with van der Waals surface area (Å²) in [6.45, 7) is 9.59. The molecule has 0 unspecified atom stereocenters. The minimum Gasteiger partial charge on any atom is -0.352 e. The maximum atomic E-state index is 12.0. The number of amides is 1. The predicted octanol–water partition coefficient (Wildman–Crippen LogP) is 3.95. The number of halogens is 1. The van der Waals surface area contributed by atoms with E-state index in [1.807, 2.05) is 24.3 Å². The SMILES string of the molecule is CC(C)C(CNC(=O)c1cccc(I)c1)C(C)C. The Morgan fingerprint density at radius 3 is 2.33 bits per heavy atom. The van der Waals surface area contributed by atoms with Gasteiger partial charge in [0, 0.05) is 15.7 Å². The van der Waals surface area contributed by atoms with Gasteiger partial charge in [-0.15, -0.1) is 0 Å². The van der Waals surface area contributed by atoms with Crippen molar-refractivity contribution in [3.8, 4) is 0 Å². The number of hydrogen-bond donors (Lipinski definition) is 1. The Morgan fingerprint density at radius 1 is 1.22 bits per heavy atom. The van der Waals surface area contributed by atoms with Crippen LogP contribution in [-0.2, 0) is 0 Å². The van der Waals surface area contributed by atoms with Crippen molar-refractivity contribution in [2.45, 2.75) is 27.7 Å². The average molecular weight is 359 g/mol. The average Bonchev–Trinajstić information content (AvgIpc) is 2.28. The Balaban J connectivity index is 2.60. The van der Waals surface area contributed by atoms with Crippen molar-refractivity contribution in [2.75, 3.05) is 6.54 Å². The molecule has 0 heterocycles. The largest absolute Gasteiger partial charge is 0.352 e. The summed E-state index contributed by atoms with van der Waals surface area (Å²) in [6.07, 6.45) is 0. The summed E-state index contributed by atoms with van der Waals surface area (Å²) in [5.41, 5.74) is 0.744. The summed E-state index contributed by atoms with van der Waals surface area (Å²) in [7, 11) is 0. The zero-order valence-corrected chi connectivity index (χ0v) is 13.7. The van der Waals surface area contributed by atoms with Crippen LogP contribution in [0.4, 0.5) is 0 Å². The minimum atomic E-state index is 0.0276. The molecule has 0 radical (unpaired) electrons. The first-order chi connectivity index (χ1) is 8.41. The Bertz CT molecular complexity index is 393. The molecule has 2 nitrogen and oxygen atoms in total. The highest BCUT2D eigenvalue weighted by Gasteiger charge is 2.18. The first-order valence-electron chi connectivity index (χ1n) is 6.45. The van der Waals surface area contributed by atoms with Crippen LogP contribution in [0.15, 0.2) is 24.3 Å². The van der Waals surface area contributed by atoms with Gasteiger partial charge in [0.05, 0.1) is 0 Å². The molecule has 0 aromatic heterocycles. The van der Waals surface area contributed by atoms with E-state index >= 15 is 0 Å². The normalized spacial score (nSPS) is 11.3. The van der Waals surface area contributed by atoms with Crippen molar-refractivity contribution >= 4 is 28.5 Å². The van der Waals surface area contributed by atoms with E-state index in [0.29, 0.717) is 17.8 Å². The van der Waals surface area contributed by atoms with E-state index in [1.165, 1.54) is 0 Å². The van der Waals surface area contributed by atoms with E-state index in [1.54, 1.807) is 0 Å². The lowest BCUT2D eigenvalue weighted by molar-refractivity contribution is 0.0937. The quantitative estimate of drug-likeness (QED) is 0.793. The molecule has 0 bridgehead atoms. The third-order valence-corrected chi connectivity index (χ3v) is 3.97. The third kappa shape index (κ3) is 4.59. The Hall–Kier alpha value is -0.580. The van der Waals surface area contributed by atoms with Gasteiger partial charge in [0.1, 0.15) is 0 Å². The molecule has 0 aliphatic carbocycles. The van der Waals surface area contributed by atoms with Gasteiger partial charge in [-0.05, 0) is 58.5 Å². The highest BCUT2D eigenvalue weighted by atomic mass is 127. The van der Waals surface area contributed by atoms with Gasteiger partial charge >= 0.3 is 0 Å². The van der Waals surface area contributed by atoms with E-state index in [9.17, 15) is 4.79 Å². The second-order valence-corrected chi connectivity index (χ2v) is 6.62. The summed E-state index contributed by atoms with van der Waals surface area (Å²) < 4.78 is 1.09. The van der Waals surface area contributed by atoms with Crippen LogP contribution in [0.25, 0.3) is 0 Å². The van der Waals surface area contributed by atoms with Gasteiger partial charge in [0.2, 0.25) is 0 Å². The molecule has 1 N–H and O–H groups in total. The summed E-state index contributed by atoms with van der Waals surface area (Å²) >= 11 is 2.22. The van der Waals surface area contributed by atoms with Crippen LogP contribution < -0.4 is 5.32 Å². The minimum absolute atomic E-state index is 0.0276. The summed E-state index contributed by atoms with van der Waals surface area (Å²) in [5.74, 6) is 1.72. The molecule has 1 aromatic carbocycles. The fourth-order valence-corrected chi connectivity index (χ4v) is 2.73. The van der Waals surface area contributed by atoms with E-state index in [4.69, 9.17) is 0 Å². The number of rotatable bonds is 5. The van der Waals surface area contributed by atoms with E-state index < -0.39 is 0 Å². The molecule has 0 saturated carbocycles. The first kappa shape index (κ1) is 15.5. The van der Waals surface area contributed by atoms with Crippen molar-refractivity contribution < 1.29 is 4.79 Å². The zero-order valence-electron chi connectivity index (χ0n) is 11.5. The fraction of sp³-hybridized carbons (Fsp3) is 0.533. The monoisotopic (exact) mass is 359 g/mol. The van der Waals surface area contributed by atoms with Crippen LogP contribution in [-0.4, -0.2) is 12.5 Å². The fourth-order valence-electron chi connectivity index (χ4n) is 2.18. The van der Waals surface area contributed by atoms with Crippen LogP contribution in [0.3, 0.4) is 0 Å². The molecule has 0 fully saturated rings. The van der Waals surface area contributed by atoms with E-state index in [2.05, 4.69) is 55.6 Å². The molecule has 0 spiro atoms. The highest BCUT2D eigenvalue weighted by molar-refractivity contribution is 14.1. The summed E-state index contributed by atoms with van der Waals surface area (Å²) in [5, 5.41) is 3.05. The molecule has 0 atom stereocenters. The van der Waals surface area contributed by atoms with Gasteiger partial charge in [-0.2, -0.15) is 0 Å². The van der Waals surface area contributed by atoms with Crippen molar-refractivity contribution in [1.29, 1.82) is 0 Å². The number of nitrogens with one attached hydrogen (secondary N) is 1. The number of benzene rings is 1. The first-order valence-corrected chi connectivity index (χ1v) is 7.53. The van der Waals surface area contributed by atoms with Crippen LogP contribution in [0, 0.1) is 21.3 Å². The lowest BCUT2D eigenvalue weighted by Crippen LogP contribution is -2.33. The van der Waals surface area contributed by atoms with Crippen molar-refractivity contribution in [3.05, 3.63) is 33.4 Å². The number of hydrogen-bond acceptors (Lipinski definition) is 1. The smallest absolute Gasteiger partial charge is 0.251 e. The van der Waals surface area contributed by atoms with Crippen LogP contribution in [0.1, 0.15) is 38.1 Å². The van der Waals surface area contributed by atoms with Gasteiger partial charge < -0.3 is 5.32 Å². The third-order valence-electron chi connectivity index (χ3n) is 3.30. The van der Waals surface area contributed by atoms with Crippen molar-refractivity contribution in [1.82, 2.24) is 5.32 Å². The molecule has 3 heteroatoms. The van der Waals surface area contributed by atoms with E-state index in [-0.39, 0.29) is 5.91 Å².